The van der Waals surface area contributed by atoms with Crippen LogP contribution in [0.25, 0.3) is 0 Å². The van der Waals surface area contributed by atoms with Crippen molar-refractivity contribution in [1.82, 2.24) is 4.90 Å². The Kier molecular flexibility index (Phi) is 6.42. The zero-order chi connectivity index (χ0) is 11.8. The van der Waals surface area contributed by atoms with Crippen LogP contribution < -0.4 is 5.73 Å². The maximum atomic E-state index is 10.9. The van der Waals surface area contributed by atoms with Crippen molar-refractivity contribution in [3.8, 4) is 0 Å². The molecule has 0 aromatic carbocycles. The van der Waals surface area contributed by atoms with Gasteiger partial charge in [-0.2, -0.15) is 0 Å². The van der Waals surface area contributed by atoms with E-state index in [9.17, 15) is 4.79 Å². The van der Waals surface area contributed by atoms with E-state index < -0.39 is 0 Å². The standard InChI is InChI=1S/C12H24N2O2/c1-16-12(15)3-2-8-14-9-5-11(4-7-13)6-10-14/h11H,2-10,13H2,1H3. The highest BCUT2D eigenvalue weighted by Gasteiger charge is 2.18. The number of methoxy groups -OCH3 is 1. The summed E-state index contributed by atoms with van der Waals surface area (Å²) in [4.78, 5) is 13.4. The van der Waals surface area contributed by atoms with E-state index in [0.29, 0.717) is 6.42 Å². The number of nitrogens with two attached hydrogens (primary N) is 1. The number of ether oxygens (including phenoxy) is 1. The molecule has 0 radical (unpaired) electrons. The third-order valence-corrected chi connectivity index (χ3v) is 3.36. The van der Waals surface area contributed by atoms with Crippen molar-refractivity contribution >= 4 is 5.97 Å². The molecule has 1 rings (SSSR count). The van der Waals surface area contributed by atoms with Crippen molar-refractivity contribution in [2.75, 3.05) is 33.3 Å². The fourth-order valence-corrected chi connectivity index (χ4v) is 2.28. The molecule has 0 aliphatic carbocycles. The Bertz CT molecular complexity index is 201. The van der Waals surface area contributed by atoms with Crippen LogP contribution >= 0.6 is 0 Å². The Labute approximate surface area is 98.1 Å². The molecule has 0 aromatic rings. The van der Waals surface area contributed by atoms with Gasteiger partial charge in [-0.05, 0) is 57.8 Å². The Morgan fingerprint density at radius 2 is 2.12 bits per heavy atom. The molecule has 1 fully saturated rings. The zero-order valence-corrected chi connectivity index (χ0v) is 10.3. The fourth-order valence-electron chi connectivity index (χ4n) is 2.28. The molecule has 0 amide bonds. The average molecular weight is 228 g/mol. The summed E-state index contributed by atoms with van der Waals surface area (Å²) < 4.78 is 4.62. The molecular weight excluding hydrogens is 204 g/mol. The summed E-state index contributed by atoms with van der Waals surface area (Å²) in [7, 11) is 1.45. The minimum absolute atomic E-state index is 0.0991. The van der Waals surface area contributed by atoms with E-state index in [1.54, 1.807) is 0 Å². The summed E-state index contributed by atoms with van der Waals surface area (Å²) in [5.74, 6) is 0.722. The van der Waals surface area contributed by atoms with Gasteiger partial charge < -0.3 is 15.4 Å². The van der Waals surface area contributed by atoms with Crippen molar-refractivity contribution in [2.24, 2.45) is 11.7 Å². The minimum Gasteiger partial charge on any atom is -0.469 e. The Morgan fingerprint density at radius 3 is 2.69 bits per heavy atom. The summed E-state index contributed by atoms with van der Waals surface area (Å²) in [6.07, 6.45) is 5.13. The van der Waals surface area contributed by atoms with Crippen molar-refractivity contribution in [2.45, 2.75) is 32.1 Å². The van der Waals surface area contributed by atoms with Crippen LogP contribution in [0.5, 0.6) is 0 Å². The molecule has 0 bridgehead atoms. The van der Waals surface area contributed by atoms with E-state index in [0.717, 1.165) is 44.9 Å². The monoisotopic (exact) mass is 228 g/mol. The van der Waals surface area contributed by atoms with Gasteiger partial charge in [-0.15, -0.1) is 0 Å². The van der Waals surface area contributed by atoms with Crippen molar-refractivity contribution < 1.29 is 9.53 Å². The molecule has 1 aliphatic rings. The predicted molar refractivity (Wildman–Crippen MR) is 64.1 cm³/mol. The smallest absolute Gasteiger partial charge is 0.305 e. The van der Waals surface area contributed by atoms with Gasteiger partial charge in [-0.3, -0.25) is 4.79 Å². The van der Waals surface area contributed by atoms with Crippen LogP contribution in [-0.2, 0) is 9.53 Å². The Hall–Kier alpha value is -0.610. The highest BCUT2D eigenvalue weighted by molar-refractivity contribution is 5.69. The second-order valence-electron chi connectivity index (χ2n) is 4.54. The second-order valence-corrected chi connectivity index (χ2v) is 4.54. The molecule has 4 nitrogen and oxygen atoms in total. The number of carbonyl (C=O) groups excluding carboxylic acids is 1. The van der Waals surface area contributed by atoms with Crippen LogP contribution in [0.4, 0.5) is 0 Å². The molecule has 94 valence electrons. The highest BCUT2D eigenvalue weighted by atomic mass is 16.5. The number of carbonyl (C=O) groups is 1. The molecule has 1 aliphatic heterocycles. The maximum absolute atomic E-state index is 10.9. The van der Waals surface area contributed by atoms with Crippen LogP contribution in [0.1, 0.15) is 32.1 Å². The van der Waals surface area contributed by atoms with Gasteiger partial charge in [-0.25, -0.2) is 0 Å². The fraction of sp³-hybridized carbons (Fsp3) is 0.917. The lowest BCUT2D eigenvalue weighted by molar-refractivity contribution is -0.140. The topological polar surface area (TPSA) is 55.6 Å². The first-order valence-corrected chi connectivity index (χ1v) is 6.25. The lowest BCUT2D eigenvalue weighted by atomic mass is 9.93. The average Bonchev–Trinajstić information content (AvgIpc) is 2.31. The molecular formula is C12H24N2O2. The van der Waals surface area contributed by atoms with Gasteiger partial charge in [0.15, 0.2) is 0 Å². The van der Waals surface area contributed by atoms with Crippen LogP contribution in [0.3, 0.4) is 0 Å². The SMILES string of the molecule is COC(=O)CCCN1CCC(CCN)CC1. The Morgan fingerprint density at radius 1 is 1.44 bits per heavy atom. The molecule has 4 heteroatoms. The van der Waals surface area contributed by atoms with E-state index in [2.05, 4.69) is 9.64 Å². The second kappa shape index (κ2) is 7.63. The van der Waals surface area contributed by atoms with Crippen molar-refractivity contribution in [3.05, 3.63) is 0 Å². The van der Waals surface area contributed by atoms with Gasteiger partial charge in [0.1, 0.15) is 0 Å². The normalized spacial score (nSPS) is 18.6. The van der Waals surface area contributed by atoms with Crippen LogP contribution in [0, 0.1) is 5.92 Å². The van der Waals surface area contributed by atoms with E-state index in [1.807, 2.05) is 0 Å². The summed E-state index contributed by atoms with van der Waals surface area (Å²) in [5, 5.41) is 0. The summed E-state index contributed by atoms with van der Waals surface area (Å²) in [5.41, 5.74) is 5.56. The number of rotatable bonds is 6. The largest absolute Gasteiger partial charge is 0.469 e. The van der Waals surface area contributed by atoms with Crippen molar-refractivity contribution in [1.29, 1.82) is 0 Å². The molecule has 0 aromatic heterocycles. The minimum atomic E-state index is -0.0991. The van der Waals surface area contributed by atoms with Gasteiger partial charge in [-0.1, -0.05) is 0 Å². The first kappa shape index (κ1) is 13.5. The number of esters is 1. The number of hydrogen-bond donors (Lipinski definition) is 1. The third-order valence-electron chi connectivity index (χ3n) is 3.36. The number of hydrogen-bond acceptors (Lipinski definition) is 4. The predicted octanol–water partition coefficient (Wildman–Crippen LogP) is 1.00. The molecule has 0 spiro atoms. The van der Waals surface area contributed by atoms with E-state index in [1.165, 1.54) is 20.0 Å². The molecule has 16 heavy (non-hydrogen) atoms. The zero-order valence-electron chi connectivity index (χ0n) is 10.3. The van der Waals surface area contributed by atoms with Gasteiger partial charge in [0.05, 0.1) is 7.11 Å². The first-order valence-electron chi connectivity index (χ1n) is 6.25. The summed E-state index contributed by atoms with van der Waals surface area (Å²) >= 11 is 0. The van der Waals surface area contributed by atoms with Gasteiger partial charge in [0.25, 0.3) is 0 Å². The van der Waals surface area contributed by atoms with Crippen molar-refractivity contribution in [3.63, 3.8) is 0 Å². The maximum Gasteiger partial charge on any atom is 0.305 e. The van der Waals surface area contributed by atoms with Gasteiger partial charge in [0.2, 0.25) is 0 Å². The summed E-state index contributed by atoms with van der Waals surface area (Å²) in [6, 6.07) is 0. The Balaban J connectivity index is 2.06. The molecule has 0 unspecified atom stereocenters. The van der Waals surface area contributed by atoms with Gasteiger partial charge in [0, 0.05) is 6.42 Å². The molecule has 2 N–H and O–H groups in total. The number of likely N-dealkylation sites (tertiary alicyclic amines) is 1. The van der Waals surface area contributed by atoms with Gasteiger partial charge >= 0.3 is 5.97 Å². The van der Waals surface area contributed by atoms with E-state index in [4.69, 9.17) is 5.73 Å². The molecule has 1 heterocycles. The molecule has 1 saturated heterocycles. The highest BCUT2D eigenvalue weighted by Crippen LogP contribution is 2.19. The molecule has 0 saturated carbocycles. The first-order chi connectivity index (χ1) is 7.76. The summed E-state index contributed by atoms with van der Waals surface area (Å²) in [6.45, 7) is 4.15. The van der Waals surface area contributed by atoms with E-state index >= 15 is 0 Å². The lowest BCUT2D eigenvalue weighted by Crippen LogP contribution is -2.35. The van der Waals surface area contributed by atoms with Crippen LogP contribution in [0.15, 0.2) is 0 Å². The quantitative estimate of drug-likeness (QED) is 0.689. The van der Waals surface area contributed by atoms with E-state index in [-0.39, 0.29) is 5.97 Å². The van der Waals surface area contributed by atoms with Crippen LogP contribution in [0.2, 0.25) is 0 Å². The van der Waals surface area contributed by atoms with Crippen LogP contribution in [-0.4, -0.2) is 44.2 Å². The molecule has 0 atom stereocenters. The lowest BCUT2D eigenvalue weighted by Gasteiger charge is -2.31. The third kappa shape index (κ3) is 4.94. The number of nitrogens with zero attached hydrogens (tertiary/aromatic N) is 1. The number of piperidine rings is 1.